The fourth-order valence-corrected chi connectivity index (χ4v) is 3.28. The van der Waals surface area contributed by atoms with Gasteiger partial charge in [-0.15, -0.1) is 0 Å². The molecule has 0 spiro atoms. The predicted molar refractivity (Wildman–Crippen MR) is 101 cm³/mol. The first kappa shape index (κ1) is 14.8. The van der Waals surface area contributed by atoms with E-state index >= 15 is 0 Å². The summed E-state index contributed by atoms with van der Waals surface area (Å²) in [6.45, 7) is 3.77. The highest BCUT2D eigenvalue weighted by atomic mass is 16.3. The number of aromatic nitrogens is 3. The van der Waals surface area contributed by atoms with Crippen LogP contribution < -0.4 is 5.43 Å². The van der Waals surface area contributed by atoms with Gasteiger partial charge >= 0.3 is 0 Å². The van der Waals surface area contributed by atoms with Gasteiger partial charge in [0.05, 0.1) is 11.1 Å². The van der Waals surface area contributed by atoms with E-state index in [9.17, 15) is 4.79 Å². The number of nitrogens with zero attached hydrogens (tertiary/aromatic N) is 3. The lowest BCUT2D eigenvalue weighted by atomic mass is 10.1. The van der Waals surface area contributed by atoms with Gasteiger partial charge < -0.3 is 4.42 Å². The molecule has 0 saturated heterocycles. The molecule has 1 aromatic heterocycles. The van der Waals surface area contributed by atoms with Gasteiger partial charge in [0, 0.05) is 11.8 Å². The highest BCUT2D eigenvalue weighted by Crippen LogP contribution is 2.32. The third kappa shape index (κ3) is 2.07. The van der Waals surface area contributed by atoms with E-state index in [2.05, 4.69) is 5.10 Å². The molecule has 5 rings (SSSR count). The second-order valence-electron chi connectivity index (χ2n) is 6.49. The van der Waals surface area contributed by atoms with Crippen LogP contribution in [0.4, 0.5) is 0 Å². The Morgan fingerprint density at radius 1 is 1.04 bits per heavy atom. The first-order valence-corrected chi connectivity index (χ1v) is 8.40. The highest BCUT2D eigenvalue weighted by molar-refractivity contribution is 5.95. The smallest absolute Gasteiger partial charge is 0.213 e. The Hall–Kier alpha value is -3.47. The number of para-hydroxylation sites is 1. The van der Waals surface area contributed by atoms with Gasteiger partial charge in [-0.25, -0.2) is 9.67 Å². The predicted octanol–water partition coefficient (Wildman–Crippen LogP) is 4.25. The summed E-state index contributed by atoms with van der Waals surface area (Å²) in [6.07, 6.45) is 1.85. The summed E-state index contributed by atoms with van der Waals surface area (Å²) >= 11 is 0. The van der Waals surface area contributed by atoms with Crippen molar-refractivity contribution in [2.45, 2.75) is 13.8 Å². The molecule has 2 aliphatic rings. The Balaban J connectivity index is 1.92. The summed E-state index contributed by atoms with van der Waals surface area (Å²) < 4.78 is 7.75. The normalized spacial score (nSPS) is 11.6. The van der Waals surface area contributed by atoms with Gasteiger partial charge in [0.25, 0.3) is 0 Å². The summed E-state index contributed by atoms with van der Waals surface area (Å²) in [4.78, 5) is 17.6. The van der Waals surface area contributed by atoms with Gasteiger partial charge in [-0.2, -0.15) is 5.10 Å². The molecular weight excluding hydrogens is 326 g/mol. The van der Waals surface area contributed by atoms with E-state index in [0.717, 1.165) is 16.8 Å². The van der Waals surface area contributed by atoms with E-state index in [4.69, 9.17) is 9.40 Å². The van der Waals surface area contributed by atoms with Crippen LogP contribution >= 0.6 is 0 Å². The maximum Gasteiger partial charge on any atom is 0.213 e. The van der Waals surface area contributed by atoms with Crippen molar-refractivity contribution >= 4 is 22.0 Å². The van der Waals surface area contributed by atoms with Crippen molar-refractivity contribution in [3.63, 3.8) is 0 Å². The van der Waals surface area contributed by atoms with Crippen molar-refractivity contribution in [3.8, 4) is 17.1 Å². The van der Waals surface area contributed by atoms with E-state index in [1.54, 1.807) is 11.6 Å². The van der Waals surface area contributed by atoms with E-state index in [1.165, 1.54) is 0 Å². The summed E-state index contributed by atoms with van der Waals surface area (Å²) in [5, 5.41) is 5.21. The molecule has 5 heteroatoms. The summed E-state index contributed by atoms with van der Waals surface area (Å²) in [6, 6.07) is 15.5. The van der Waals surface area contributed by atoms with Crippen molar-refractivity contribution in [1.29, 1.82) is 0 Å². The van der Waals surface area contributed by atoms with Crippen molar-refractivity contribution in [2.24, 2.45) is 0 Å². The molecule has 0 N–H and O–H groups in total. The molecular formula is C21H15N3O2. The van der Waals surface area contributed by atoms with Crippen LogP contribution in [0.15, 0.2) is 63.9 Å². The van der Waals surface area contributed by atoms with E-state index in [-0.39, 0.29) is 5.43 Å². The largest absolute Gasteiger partial charge is 0.452 e. The molecule has 1 aliphatic heterocycles. The van der Waals surface area contributed by atoms with Crippen LogP contribution in [0.25, 0.3) is 39.1 Å². The Morgan fingerprint density at radius 3 is 2.65 bits per heavy atom. The molecule has 0 fully saturated rings. The van der Waals surface area contributed by atoms with Crippen molar-refractivity contribution < 1.29 is 4.42 Å². The van der Waals surface area contributed by atoms with E-state index in [0.29, 0.717) is 33.5 Å². The Kier molecular flexibility index (Phi) is 3.00. The Labute approximate surface area is 148 Å². The molecule has 0 radical (unpaired) electrons. The number of aryl methyl sites for hydroxylation is 1. The maximum absolute atomic E-state index is 12.8. The van der Waals surface area contributed by atoms with E-state index in [1.807, 2.05) is 61.7 Å². The SMILES string of the molecule is Cc1ccc2oc3c(C)c(=O)c4nn(-c5ccccc5)cc4c-3nc2c1. The zero-order valence-corrected chi connectivity index (χ0v) is 14.4. The van der Waals surface area contributed by atoms with Gasteiger partial charge in [0.2, 0.25) is 5.43 Å². The molecule has 26 heavy (non-hydrogen) atoms. The monoisotopic (exact) mass is 341 g/mol. The summed E-state index contributed by atoms with van der Waals surface area (Å²) in [5.41, 5.74) is 4.91. The van der Waals surface area contributed by atoms with Crippen LogP contribution in [0.5, 0.6) is 0 Å². The van der Waals surface area contributed by atoms with Crippen LogP contribution in [0.2, 0.25) is 0 Å². The second-order valence-corrected chi connectivity index (χ2v) is 6.49. The van der Waals surface area contributed by atoms with Crippen LogP contribution in [-0.4, -0.2) is 14.8 Å². The average Bonchev–Trinajstić information content (AvgIpc) is 3.11. The van der Waals surface area contributed by atoms with Crippen LogP contribution in [-0.2, 0) is 0 Å². The third-order valence-corrected chi connectivity index (χ3v) is 4.66. The molecule has 3 aromatic rings. The zero-order valence-electron chi connectivity index (χ0n) is 14.4. The molecule has 1 aliphatic carbocycles. The first-order chi connectivity index (χ1) is 12.6. The molecule has 126 valence electrons. The highest BCUT2D eigenvalue weighted by Gasteiger charge is 2.22. The second kappa shape index (κ2) is 5.26. The Morgan fingerprint density at radius 2 is 1.85 bits per heavy atom. The first-order valence-electron chi connectivity index (χ1n) is 8.40. The lowest BCUT2D eigenvalue weighted by Gasteiger charge is -2.09. The van der Waals surface area contributed by atoms with Gasteiger partial charge in [-0.05, 0) is 43.7 Å². The van der Waals surface area contributed by atoms with Gasteiger partial charge in [-0.3, -0.25) is 4.79 Å². The van der Waals surface area contributed by atoms with Crippen LogP contribution in [0.1, 0.15) is 11.1 Å². The topological polar surface area (TPSA) is 60.9 Å². The fourth-order valence-electron chi connectivity index (χ4n) is 3.28. The van der Waals surface area contributed by atoms with Crippen molar-refractivity contribution in [2.75, 3.05) is 0 Å². The minimum absolute atomic E-state index is 0.126. The van der Waals surface area contributed by atoms with Crippen LogP contribution in [0.3, 0.4) is 0 Å². The van der Waals surface area contributed by atoms with Crippen molar-refractivity contribution in [3.05, 3.63) is 76.1 Å². The standard InChI is InChI=1S/C21H15N3O2/c1-12-8-9-17-16(10-12)22-19-15-11-24(14-6-4-3-5-7-14)23-18(15)20(25)13(2)21(19)26-17/h3-11H,1-2H3. The van der Waals surface area contributed by atoms with E-state index < -0.39 is 0 Å². The minimum Gasteiger partial charge on any atom is -0.452 e. The third-order valence-electron chi connectivity index (χ3n) is 4.66. The maximum atomic E-state index is 12.8. The zero-order chi connectivity index (χ0) is 17.8. The van der Waals surface area contributed by atoms with Gasteiger partial charge in [0.1, 0.15) is 16.7 Å². The molecule has 0 bridgehead atoms. The lowest BCUT2D eigenvalue weighted by Crippen LogP contribution is -2.10. The summed E-state index contributed by atoms with van der Waals surface area (Å²) in [5.74, 6) is 0.520. The number of rotatable bonds is 1. The molecule has 0 unspecified atom stereocenters. The lowest BCUT2D eigenvalue weighted by molar-refractivity contribution is 0.609. The molecule has 0 saturated carbocycles. The number of fused-ring (bicyclic) bond motifs is 4. The number of hydrogen-bond donors (Lipinski definition) is 0. The molecule has 2 aromatic carbocycles. The molecule has 0 amide bonds. The fraction of sp³-hybridized carbons (Fsp3) is 0.0952. The minimum atomic E-state index is -0.126. The molecule has 5 nitrogen and oxygen atoms in total. The van der Waals surface area contributed by atoms with Crippen molar-refractivity contribution in [1.82, 2.24) is 14.8 Å². The quantitative estimate of drug-likeness (QED) is 0.428. The molecule has 2 heterocycles. The number of hydrogen-bond acceptors (Lipinski definition) is 4. The average molecular weight is 341 g/mol. The van der Waals surface area contributed by atoms with Crippen LogP contribution in [0, 0.1) is 13.8 Å². The summed E-state index contributed by atoms with van der Waals surface area (Å²) in [7, 11) is 0. The van der Waals surface area contributed by atoms with Gasteiger partial charge in [-0.1, -0.05) is 24.3 Å². The molecule has 0 atom stereocenters. The Bertz CT molecular complexity index is 1320. The number of benzene rings is 3. The van der Waals surface area contributed by atoms with Gasteiger partial charge in [0.15, 0.2) is 11.3 Å².